The van der Waals surface area contributed by atoms with Crippen LogP contribution in [-0.2, 0) is 19.6 Å². The van der Waals surface area contributed by atoms with E-state index < -0.39 is 12.0 Å². The molecule has 104 valence electrons. The van der Waals surface area contributed by atoms with Gasteiger partial charge >= 0.3 is 0 Å². The first-order valence-corrected chi connectivity index (χ1v) is 6.29. The third-order valence-corrected chi connectivity index (χ3v) is 3.81. The normalized spacial score (nSPS) is 21.8. The summed E-state index contributed by atoms with van der Waals surface area (Å²) >= 11 is 0. The van der Waals surface area contributed by atoms with E-state index in [1.54, 1.807) is 13.0 Å². The number of fused-ring (bicyclic) bond motifs is 1. The van der Waals surface area contributed by atoms with Gasteiger partial charge in [0.15, 0.2) is 5.78 Å². The van der Waals surface area contributed by atoms with Crippen LogP contribution in [-0.4, -0.2) is 32.8 Å². The van der Waals surface area contributed by atoms with Gasteiger partial charge in [-0.3, -0.25) is 4.79 Å². The minimum atomic E-state index is -0.902. The molecule has 0 radical (unpaired) electrons. The van der Waals surface area contributed by atoms with Crippen LogP contribution < -0.4 is 0 Å². The molecular formula is C14H18O5. The molecule has 5 heteroatoms. The minimum absolute atomic E-state index is 0.134. The molecule has 4 N–H and O–H groups in total. The fraction of sp³-hybridized carbons (Fsp3) is 0.500. The van der Waals surface area contributed by atoms with Crippen molar-refractivity contribution in [3.63, 3.8) is 0 Å². The first-order valence-electron chi connectivity index (χ1n) is 6.29. The van der Waals surface area contributed by atoms with Crippen LogP contribution in [0.2, 0.25) is 0 Å². The van der Waals surface area contributed by atoms with Crippen LogP contribution in [0.4, 0.5) is 0 Å². The van der Waals surface area contributed by atoms with Crippen LogP contribution >= 0.6 is 0 Å². The van der Waals surface area contributed by atoms with Crippen LogP contribution in [0.15, 0.2) is 6.07 Å². The van der Waals surface area contributed by atoms with E-state index in [1.807, 2.05) is 0 Å². The van der Waals surface area contributed by atoms with Crippen molar-refractivity contribution in [2.45, 2.75) is 32.7 Å². The molecule has 0 saturated heterocycles. The van der Waals surface area contributed by atoms with Gasteiger partial charge in [-0.05, 0) is 34.7 Å². The Morgan fingerprint density at radius 2 is 1.84 bits per heavy atom. The largest absolute Gasteiger partial charge is 0.396 e. The fourth-order valence-corrected chi connectivity index (χ4v) is 2.77. The number of ketones is 1. The smallest absolute Gasteiger partial charge is 0.169 e. The molecule has 0 amide bonds. The summed E-state index contributed by atoms with van der Waals surface area (Å²) < 4.78 is 0. The maximum Gasteiger partial charge on any atom is 0.169 e. The summed E-state index contributed by atoms with van der Waals surface area (Å²) in [5.41, 5.74) is 2.37. The van der Waals surface area contributed by atoms with Crippen molar-refractivity contribution in [2.24, 2.45) is 5.92 Å². The molecule has 0 bridgehead atoms. The van der Waals surface area contributed by atoms with Crippen molar-refractivity contribution in [2.75, 3.05) is 6.61 Å². The van der Waals surface area contributed by atoms with Crippen LogP contribution in [0.3, 0.4) is 0 Å². The summed E-state index contributed by atoms with van der Waals surface area (Å²) in [6.07, 6.45) is -0.641. The van der Waals surface area contributed by atoms with Gasteiger partial charge in [-0.1, -0.05) is 6.92 Å². The molecule has 0 aliphatic heterocycles. The minimum Gasteiger partial charge on any atom is -0.396 e. The lowest BCUT2D eigenvalue weighted by molar-refractivity contribution is 0.0789. The molecular weight excluding hydrogens is 248 g/mol. The van der Waals surface area contributed by atoms with Gasteiger partial charge in [0.25, 0.3) is 0 Å². The number of rotatable bonds is 4. The molecule has 2 atom stereocenters. The lowest BCUT2D eigenvalue weighted by Gasteiger charge is -2.16. The monoisotopic (exact) mass is 266 g/mol. The number of aliphatic hydroxyl groups is 4. The number of hydrogen-bond donors (Lipinski definition) is 4. The van der Waals surface area contributed by atoms with Crippen molar-refractivity contribution in [3.05, 3.63) is 33.9 Å². The Balaban J connectivity index is 2.71. The second kappa shape index (κ2) is 5.38. The number of aliphatic hydroxyl groups excluding tert-OH is 4. The van der Waals surface area contributed by atoms with Gasteiger partial charge in [0, 0.05) is 18.1 Å². The molecule has 0 saturated carbocycles. The van der Waals surface area contributed by atoms with E-state index >= 15 is 0 Å². The first-order chi connectivity index (χ1) is 9.06. The van der Waals surface area contributed by atoms with Crippen LogP contribution in [0.1, 0.15) is 45.6 Å². The molecule has 5 nitrogen and oxygen atoms in total. The molecule has 0 spiro atoms. The number of carbonyl (C=O) groups excluding carboxylic acids is 1. The van der Waals surface area contributed by atoms with Crippen molar-refractivity contribution in [1.82, 2.24) is 0 Å². The average Bonchev–Trinajstić information content (AvgIpc) is 2.63. The summed E-state index contributed by atoms with van der Waals surface area (Å²) in [6.45, 7) is 0.894. The summed E-state index contributed by atoms with van der Waals surface area (Å²) in [4.78, 5) is 12.1. The maximum atomic E-state index is 12.1. The Hall–Kier alpha value is -1.27. The zero-order chi connectivity index (χ0) is 14.2. The Bertz CT molecular complexity index is 509. The lowest BCUT2D eigenvalue weighted by Crippen LogP contribution is -2.11. The highest BCUT2D eigenvalue weighted by Gasteiger charge is 2.38. The summed E-state index contributed by atoms with van der Waals surface area (Å²) in [7, 11) is 0. The van der Waals surface area contributed by atoms with E-state index in [0.717, 1.165) is 0 Å². The number of carbonyl (C=O) groups is 1. The van der Waals surface area contributed by atoms with E-state index in [-0.39, 0.29) is 32.0 Å². The van der Waals surface area contributed by atoms with Gasteiger partial charge in [0.1, 0.15) is 0 Å². The Labute approximate surface area is 111 Å². The predicted molar refractivity (Wildman–Crippen MR) is 67.5 cm³/mol. The third-order valence-electron chi connectivity index (χ3n) is 3.81. The van der Waals surface area contributed by atoms with Crippen molar-refractivity contribution in [3.8, 4) is 0 Å². The molecule has 2 unspecified atom stereocenters. The number of hydrogen-bond acceptors (Lipinski definition) is 5. The number of Topliss-reactive ketones (excluding diaryl/α,β-unsaturated/α-hetero) is 1. The van der Waals surface area contributed by atoms with Crippen molar-refractivity contribution < 1.29 is 25.2 Å². The summed E-state index contributed by atoms with van der Waals surface area (Å²) in [6, 6.07) is 1.60. The first kappa shape index (κ1) is 14.1. The number of benzene rings is 1. The maximum absolute atomic E-state index is 12.1. The Kier molecular flexibility index (Phi) is 4.01. The standard InChI is InChI=1S/C14H18O5/c1-7-13(18)10-4-8(5-16)9(2-3-15)11(6-17)12(10)14(7)19/h4,7,13,15-18H,2-3,5-6H2,1H3. The quantitative estimate of drug-likeness (QED) is 0.618. The topological polar surface area (TPSA) is 98.0 Å². The van der Waals surface area contributed by atoms with E-state index in [4.69, 9.17) is 5.11 Å². The van der Waals surface area contributed by atoms with Crippen molar-refractivity contribution in [1.29, 1.82) is 0 Å². The van der Waals surface area contributed by atoms with E-state index in [0.29, 0.717) is 27.8 Å². The second-order valence-electron chi connectivity index (χ2n) is 4.84. The van der Waals surface area contributed by atoms with Gasteiger partial charge in [-0.2, -0.15) is 0 Å². The van der Waals surface area contributed by atoms with E-state index in [1.165, 1.54) is 0 Å². The van der Waals surface area contributed by atoms with E-state index in [2.05, 4.69) is 0 Å². The van der Waals surface area contributed by atoms with Gasteiger partial charge in [-0.25, -0.2) is 0 Å². The molecule has 1 aliphatic rings. The van der Waals surface area contributed by atoms with Crippen molar-refractivity contribution >= 4 is 5.78 Å². The molecule has 1 aromatic carbocycles. The Morgan fingerprint density at radius 3 is 2.37 bits per heavy atom. The Morgan fingerprint density at radius 1 is 1.16 bits per heavy atom. The fourth-order valence-electron chi connectivity index (χ4n) is 2.77. The highest BCUT2D eigenvalue weighted by Crippen LogP contribution is 2.40. The average molecular weight is 266 g/mol. The predicted octanol–water partition coefficient (Wildman–Crippen LogP) is 0.0718. The second-order valence-corrected chi connectivity index (χ2v) is 4.84. The summed E-state index contributed by atoms with van der Waals surface area (Å²) in [5.74, 6) is -0.744. The summed E-state index contributed by atoms with van der Waals surface area (Å²) in [5, 5.41) is 38.0. The molecule has 2 rings (SSSR count). The van der Waals surface area contributed by atoms with Crippen LogP contribution in [0, 0.1) is 5.92 Å². The zero-order valence-corrected chi connectivity index (χ0v) is 10.8. The SMILES string of the molecule is CC1C(=O)c2c(cc(CO)c(CCO)c2CO)C1O. The molecule has 0 aromatic heterocycles. The lowest BCUT2D eigenvalue weighted by atomic mass is 9.91. The highest BCUT2D eigenvalue weighted by atomic mass is 16.3. The molecule has 0 fully saturated rings. The molecule has 1 aliphatic carbocycles. The van der Waals surface area contributed by atoms with Gasteiger partial charge in [0.2, 0.25) is 0 Å². The van der Waals surface area contributed by atoms with Gasteiger partial charge < -0.3 is 20.4 Å². The van der Waals surface area contributed by atoms with Crippen LogP contribution in [0.25, 0.3) is 0 Å². The molecule has 19 heavy (non-hydrogen) atoms. The van der Waals surface area contributed by atoms with Gasteiger partial charge in [-0.15, -0.1) is 0 Å². The van der Waals surface area contributed by atoms with Gasteiger partial charge in [0.05, 0.1) is 19.3 Å². The molecule has 1 aromatic rings. The third kappa shape index (κ3) is 2.08. The molecule has 0 heterocycles. The van der Waals surface area contributed by atoms with E-state index in [9.17, 15) is 20.1 Å². The van der Waals surface area contributed by atoms with Crippen LogP contribution in [0.5, 0.6) is 0 Å². The zero-order valence-electron chi connectivity index (χ0n) is 10.8. The highest BCUT2D eigenvalue weighted by molar-refractivity contribution is 6.04.